The van der Waals surface area contributed by atoms with Crippen LogP contribution in [0.4, 0.5) is 5.69 Å². The number of likely N-dealkylation sites (N-methyl/N-ethyl adjacent to an activating group) is 1. The zero-order chi connectivity index (χ0) is 37.6. The summed E-state index contributed by atoms with van der Waals surface area (Å²) in [7, 11) is 1.69. The third-order valence-corrected chi connectivity index (χ3v) is 12.1. The molecule has 0 radical (unpaired) electrons. The van der Waals surface area contributed by atoms with E-state index in [0.29, 0.717) is 32.7 Å². The summed E-state index contributed by atoms with van der Waals surface area (Å²) in [5, 5.41) is 11.3. The highest BCUT2D eigenvalue weighted by Gasteiger charge is 2.75. The molecule has 3 aromatic rings. The Morgan fingerprint density at radius 3 is 2.32 bits per heavy atom. The first-order chi connectivity index (χ1) is 25.5. The van der Waals surface area contributed by atoms with Crippen molar-refractivity contribution in [1.29, 1.82) is 0 Å². The number of rotatable bonds is 5. The fraction of sp³-hybridized carbons (Fsp3) is 0.366. The van der Waals surface area contributed by atoms with Crippen LogP contribution in [0.1, 0.15) is 48.6 Å². The normalized spacial score (nSPS) is 30.3. The van der Waals surface area contributed by atoms with E-state index in [-0.39, 0.29) is 18.9 Å². The summed E-state index contributed by atoms with van der Waals surface area (Å²) < 4.78 is 13.6. The van der Waals surface area contributed by atoms with Gasteiger partial charge < -0.3 is 29.3 Å². The molecule has 4 aliphatic heterocycles. The van der Waals surface area contributed by atoms with Crippen molar-refractivity contribution in [2.45, 2.75) is 62.6 Å². The van der Waals surface area contributed by atoms with Crippen molar-refractivity contribution in [3.8, 4) is 0 Å². The molecule has 0 saturated carbocycles. The molecule has 4 aliphatic rings. The van der Waals surface area contributed by atoms with E-state index in [1.807, 2.05) is 68.5 Å². The monoisotopic (exact) mass is 801 g/mol. The smallest absolute Gasteiger partial charge is 0.313 e. The Hall–Kier alpha value is -4.29. The van der Waals surface area contributed by atoms with Crippen molar-refractivity contribution in [3.63, 3.8) is 0 Å². The van der Waals surface area contributed by atoms with Crippen LogP contribution >= 0.6 is 27.5 Å². The highest BCUT2D eigenvalue weighted by molar-refractivity contribution is 9.11. The number of fused-ring (bicyclic) bond motifs is 2. The summed E-state index contributed by atoms with van der Waals surface area (Å²) in [6, 6.07) is 20.7. The number of halogens is 2. The Morgan fingerprint density at radius 1 is 0.943 bits per heavy atom. The van der Waals surface area contributed by atoms with Crippen LogP contribution in [0.2, 0.25) is 5.02 Å². The van der Waals surface area contributed by atoms with Gasteiger partial charge in [0.15, 0.2) is 0 Å². The number of likely N-dealkylation sites (tertiary alicyclic amines) is 1. The van der Waals surface area contributed by atoms with Crippen molar-refractivity contribution in [1.82, 2.24) is 9.80 Å². The lowest BCUT2D eigenvalue weighted by Gasteiger charge is -2.39. The number of carbonyl (C=O) groups excluding carboxylic acids is 4. The second-order valence-electron chi connectivity index (χ2n) is 14.1. The van der Waals surface area contributed by atoms with Crippen molar-refractivity contribution in [2.75, 3.05) is 25.1 Å². The molecule has 8 atom stereocenters. The number of esters is 1. The van der Waals surface area contributed by atoms with E-state index in [0.717, 1.165) is 5.56 Å². The molecule has 7 rings (SSSR count). The van der Waals surface area contributed by atoms with Crippen LogP contribution in [-0.4, -0.2) is 82.6 Å². The molecule has 1 spiro atoms. The molecular formula is C41H41BrClN3O7. The maximum absolute atomic E-state index is 15.5. The predicted octanol–water partition coefficient (Wildman–Crippen LogP) is 6.07. The van der Waals surface area contributed by atoms with E-state index in [2.05, 4.69) is 15.9 Å². The summed E-state index contributed by atoms with van der Waals surface area (Å²) in [6.07, 6.45) is 4.17. The molecule has 53 heavy (non-hydrogen) atoms. The second kappa shape index (κ2) is 14.9. The average molecular weight is 803 g/mol. The van der Waals surface area contributed by atoms with Crippen LogP contribution in [-0.2, 0) is 28.7 Å². The summed E-state index contributed by atoms with van der Waals surface area (Å²) >= 11 is 10.4. The van der Waals surface area contributed by atoms with E-state index >= 15 is 9.59 Å². The van der Waals surface area contributed by atoms with Gasteiger partial charge in [-0.3, -0.25) is 19.2 Å². The van der Waals surface area contributed by atoms with Crippen LogP contribution in [0.5, 0.6) is 0 Å². The van der Waals surface area contributed by atoms with Crippen molar-refractivity contribution in [3.05, 3.63) is 123 Å². The Labute approximate surface area is 322 Å². The number of ether oxygens (including phenoxy) is 2. The lowest BCUT2D eigenvalue weighted by atomic mass is 9.74. The highest BCUT2D eigenvalue weighted by Crippen LogP contribution is 2.60. The standard InChI is InChI=1S/C41H41BrClN3O7/c1-24-14-13-19-29(43)34(24)45-21-12-6-11-20-31(48)44(3)25(2)35(27-17-9-5-10-18-27)52-40(51)32-33-38(49)46(30(23-47)26-15-7-4-8-16-26)37(39(45)50)41(33)22-28(42)36(32)53-41/h4-10,12-19,22,25,30,32-33,35-37,47H,11,20-21,23H2,1-3H3/b12-6-/t25-,30-,32+,33-,35+,36+,37+,41-/m1/s1. The maximum Gasteiger partial charge on any atom is 0.313 e. The largest absolute Gasteiger partial charge is 0.455 e. The number of para-hydroxylation sites is 1. The van der Waals surface area contributed by atoms with Crippen molar-refractivity contribution in [2.24, 2.45) is 11.8 Å². The zero-order valence-electron chi connectivity index (χ0n) is 29.6. The van der Waals surface area contributed by atoms with Crippen LogP contribution in [0.15, 0.2) is 102 Å². The van der Waals surface area contributed by atoms with Gasteiger partial charge in [-0.1, -0.05) is 112 Å². The minimum atomic E-state index is -1.60. The molecule has 2 fully saturated rings. The fourth-order valence-electron chi connectivity index (χ4n) is 8.38. The molecule has 276 valence electrons. The third-order valence-electron chi connectivity index (χ3n) is 11.1. The number of aliphatic hydroxyl groups is 1. The van der Waals surface area contributed by atoms with Gasteiger partial charge in [-0.05, 0) is 49.1 Å². The first-order valence-electron chi connectivity index (χ1n) is 17.8. The molecule has 3 aromatic carbocycles. The number of anilines is 1. The number of cyclic esters (lactones) is 1. The number of aryl methyl sites for hydroxylation is 1. The number of benzene rings is 3. The lowest BCUT2D eigenvalue weighted by Crippen LogP contribution is -2.57. The third kappa shape index (κ3) is 6.31. The Kier molecular flexibility index (Phi) is 10.4. The molecule has 1 N–H and O–H groups in total. The number of aliphatic hydroxyl groups excluding tert-OH is 1. The number of carbonyl (C=O) groups is 4. The SMILES string of the molecule is Cc1cccc(Cl)c1N1C/C=C\CCC(=O)N(C)[C@H](C)[C@@H](c2ccccc2)OC(=O)[C@@H]2[C@H]3O[C@@]4(C=C3Br)[C@H](C1=O)N([C@H](CO)c1ccccc1)C(=O)[C@@H]24. The van der Waals surface area contributed by atoms with E-state index in [4.69, 9.17) is 21.1 Å². The number of amides is 3. The summed E-state index contributed by atoms with van der Waals surface area (Å²) in [5.74, 6) is -4.18. The fourth-order valence-corrected chi connectivity index (χ4v) is 9.44. The molecule has 10 nitrogen and oxygen atoms in total. The predicted molar refractivity (Wildman–Crippen MR) is 203 cm³/mol. The van der Waals surface area contributed by atoms with Crippen LogP contribution in [0, 0.1) is 18.8 Å². The maximum atomic E-state index is 15.5. The molecule has 0 aromatic heterocycles. The van der Waals surface area contributed by atoms with E-state index in [1.165, 1.54) is 9.80 Å². The molecule has 0 aliphatic carbocycles. The van der Waals surface area contributed by atoms with Gasteiger partial charge in [-0.25, -0.2) is 0 Å². The van der Waals surface area contributed by atoms with Gasteiger partial charge in [0.2, 0.25) is 11.8 Å². The van der Waals surface area contributed by atoms with E-state index in [1.54, 1.807) is 54.4 Å². The van der Waals surface area contributed by atoms with Crippen LogP contribution in [0.3, 0.4) is 0 Å². The van der Waals surface area contributed by atoms with Gasteiger partial charge in [-0.2, -0.15) is 0 Å². The molecule has 3 amide bonds. The topological polar surface area (TPSA) is 117 Å². The van der Waals surface area contributed by atoms with Gasteiger partial charge in [0.25, 0.3) is 5.91 Å². The Bertz CT molecular complexity index is 1960. The van der Waals surface area contributed by atoms with Gasteiger partial charge in [0, 0.05) is 24.5 Å². The number of allylic oxidation sites excluding steroid dienone is 1. The summed E-state index contributed by atoms with van der Waals surface area (Å²) in [4.78, 5) is 63.2. The van der Waals surface area contributed by atoms with Gasteiger partial charge in [0.1, 0.15) is 29.8 Å². The van der Waals surface area contributed by atoms with Gasteiger partial charge >= 0.3 is 5.97 Å². The summed E-state index contributed by atoms with van der Waals surface area (Å²) in [6.45, 7) is 3.24. The molecule has 0 unspecified atom stereocenters. The number of nitrogens with zero attached hydrogens (tertiary/aromatic N) is 3. The quantitative estimate of drug-likeness (QED) is 0.246. The van der Waals surface area contributed by atoms with Crippen LogP contribution < -0.4 is 4.90 Å². The Balaban J connectivity index is 1.42. The van der Waals surface area contributed by atoms with Gasteiger partial charge in [-0.15, -0.1) is 0 Å². The van der Waals surface area contributed by atoms with Gasteiger partial charge in [0.05, 0.1) is 35.3 Å². The molecule has 12 heteroatoms. The Morgan fingerprint density at radius 2 is 1.64 bits per heavy atom. The molecule has 4 heterocycles. The van der Waals surface area contributed by atoms with E-state index < -0.39 is 72.2 Å². The lowest BCUT2D eigenvalue weighted by molar-refractivity contribution is -0.164. The second-order valence-corrected chi connectivity index (χ2v) is 15.4. The first kappa shape index (κ1) is 37.0. The minimum Gasteiger partial charge on any atom is -0.455 e. The molecule has 5 bridgehead atoms. The molecule has 2 saturated heterocycles. The number of hydrogen-bond donors (Lipinski definition) is 1. The average Bonchev–Trinajstić information content (AvgIpc) is 3.75. The minimum absolute atomic E-state index is 0.0636. The number of hydrogen-bond acceptors (Lipinski definition) is 7. The summed E-state index contributed by atoms with van der Waals surface area (Å²) in [5.41, 5.74) is 0.875. The van der Waals surface area contributed by atoms with Crippen molar-refractivity contribution < 1.29 is 33.8 Å². The zero-order valence-corrected chi connectivity index (χ0v) is 31.9. The van der Waals surface area contributed by atoms with Crippen molar-refractivity contribution >= 4 is 56.9 Å². The first-order valence-corrected chi connectivity index (χ1v) is 18.9. The van der Waals surface area contributed by atoms with Crippen LogP contribution in [0.25, 0.3) is 0 Å². The van der Waals surface area contributed by atoms with E-state index in [9.17, 15) is 14.7 Å². The highest BCUT2D eigenvalue weighted by atomic mass is 79.9. The molecular weight excluding hydrogens is 762 g/mol.